The van der Waals surface area contributed by atoms with Crippen molar-refractivity contribution in [3.8, 4) is 0 Å². The Morgan fingerprint density at radius 3 is 2.59 bits per heavy atom. The van der Waals surface area contributed by atoms with Crippen LogP contribution in [0.4, 0.5) is 5.69 Å². The second-order valence-electron chi connectivity index (χ2n) is 6.05. The van der Waals surface area contributed by atoms with Gasteiger partial charge in [-0.05, 0) is 30.7 Å². The van der Waals surface area contributed by atoms with Crippen molar-refractivity contribution in [3.63, 3.8) is 0 Å². The summed E-state index contributed by atoms with van der Waals surface area (Å²) in [5.74, 6) is -1.96. The van der Waals surface area contributed by atoms with Crippen LogP contribution in [0.2, 0.25) is 0 Å². The van der Waals surface area contributed by atoms with E-state index in [1.54, 1.807) is 12.2 Å². The number of thiocarbonyl (C=S) groups is 1. The minimum atomic E-state index is -4.05. The van der Waals surface area contributed by atoms with Crippen molar-refractivity contribution in [1.82, 2.24) is 4.90 Å². The molecule has 2 aliphatic heterocycles. The molecule has 29 heavy (non-hydrogen) atoms. The zero-order valence-electron chi connectivity index (χ0n) is 14.8. The highest BCUT2D eigenvalue weighted by atomic mass is 32.2. The van der Waals surface area contributed by atoms with Gasteiger partial charge in [0.25, 0.3) is 16.0 Å². The number of hydrogen-bond donors (Lipinski definition) is 2. The van der Waals surface area contributed by atoms with E-state index >= 15 is 0 Å². The molecule has 8 nitrogen and oxygen atoms in total. The van der Waals surface area contributed by atoms with Gasteiger partial charge in [-0.2, -0.15) is 8.42 Å². The van der Waals surface area contributed by atoms with Gasteiger partial charge in [0.2, 0.25) is 0 Å². The lowest BCUT2D eigenvalue weighted by atomic mass is 10.3. The highest BCUT2D eigenvalue weighted by Crippen LogP contribution is 2.46. The Morgan fingerprint density at radius 2 is 1.90 bits per heavy atom. The Kier molecular flexibility index (Phi) is 6.69. The maximum atomic E-state index is 12.4. The molecule has 0 radical (unpaired) electrons. The quantitative estimate of drug-likeness (QED) is 0.348. The third-order valence-corrected chi connectivity index (χ3v) is 7.30. The Balaban J connectivity index is 1.81. The van der Waals surface area contributed by atoms with Gasteiger partial charge < -0.3 is 10.0 Å². The molecule has 154 valence electrons. The third-order valence-electron chi connectivity index (χ3n) is 3.96. The second-order valence-corrected chi connectivity index (χ2v) is 10.4. The first-order valence-electron chi connectivity index (χ1n) is 8.33. The molecule has 12 heteroatoms. The summed E-state index contributed by atoms with van der Waals surface area (Å²) in [5, 5.41) is 9.69. The van der Waals surface area contributed by atoms with E-state index < -0.39 is 28.5 Å². The fraction of sp³-hybridized carbons (Fsp3) is 0.235. The van der Waals surface area contributed by atoms with E-state index in [-0.39, 0.29) is 16.5 Å². The zero-order valence-corrected chi connectivity index (χ0v) is 18.1. The van der Waals surface area contributed by atoms with Crippen molar-refractivity contribution in [2.24, 2.45) is 0 Å². The molecule has 1 aromatic rings. The molecule has 2 heterocycles. The molecule has 1 saturated heterocycles. The molecule has 3 rings (SSSR count). The van der Waals surface area contributed by atoms with Crippen molar-refractivity contribution in [2.45, 2.75) is 11.3 Å². The van der Waals surface area contributed by atoms with Crippen molar-refractivity contribution in [1.29, 1.82) is 0 Å². The molecule has 0 unspecified atom stereocenters. The summed E-state index contributed by atoms with van der Waals surface area (Å²) in [6.45, 7) is -0.121. The smallest absolute Gasteiger partial charge is 0.323 e. The van der Waals surface area contributed by atoms with E-state index in [1.807, 2.05) is 29.2 Å². The lowest BCUT2D eigenvalue weighted by Gasteiger charge is -2.19. The number of amides is 1. The molecular weight excluding hydrogens is 456 g/mol. The van der Waals surface area contributed by atoms with Crippen molar-refractivity contribution >= 4 is 67.7 Å². The van der Waals surface area contributed by atoms with Gasteiger partial charge in [0.05, 0.1) is 21.4 Å². The number of nitrogens with zero attached hydrogens (tertiary/aromatic N) is 2. The summed E-state index contributed by atoms with van der Waals surface area (Å²) in [7, 11) is -4.05. The van der Waals surface area contributed by atoms with Gasteiger partial charge in [-0.1, -0.05) is 47.9 Å². The van der Waals surface area contributed by atoms with E-state index in [9.17, 15) is 18.0 Å². The van der Waals surface area contributed by atoms with Crippen molar-refractivity contribution in [3.05, 3.63) is 46.4 Å². The Labute approximate surface area is 181 Å². The van der Waals surface area contributed by atoms with E-state index in [2.05, 4.69) is 0 Å². The molecule has 1 amide bonds. The fourth-order valence-electron chi connectivity index (χ4n) is 2.75. The largest absolute Gasteiger partial charge is 0.480 e. The molecule has 0 saturated carbocycles. The van der Waals surface area contributed by atoms with Crippen LogP contribution in [-0.4, -0.2) is 58.0 Å². The van der Waals surface area contributed by atoms with Crippen molar-refractivity contribution < 1.29 is 27.7 Å². The number of carbonyl (C=O) groups is 2. The van der Waals surface area contributed by atoms with Crippen LogP contribution >= 0.6 is 35.7 Å². The lowest BCUT2D eigenvalue weighted by Crippen LogP contribution is -2.33. The molecule has 0 spiro atoms. The summed E-state index contributed by atoms with van der Waals surface area (Å²) in [4.78, 5) is 27.5. The Bertz CT molecular complexity index is 1030. The van der Waals surface area contributed by atoms with Crippen molar-refractivity contribution in [2.75, 3.05) is 23.7 Å². The van der Waals surface area contributed by atoms with E-state index in [1.165, 1.54) is 11.8 Å². The van der Waals surface area contributed by atoms with Crippen LogP contribution in [0.5, 0.6) is 0 Å². The number of rotatable bonds is 7. The van der Waals surface area contributed by atoms with Gasteiger partial charge in [0.15, 0.2) is 0 Å². The first-order valence-corrected chi connectivity index (χ1v) is 12.0. The number of aliphatic carboxylic acids is 1. The van der Waals surface area contributed by atoms with E-state index in [4.69, 9.17) is 21.9 Å². The van der Waals surface area contributed by atoms with Crippen LogP contribution in [0.3, 0.4) is 0 Å². The van der Waals surface area contributed by atoms with Gasteiger partial charge in [0.1, 0.15) is 10.9 Å². The molecule has 1 fully saturated rings. The highest BCUT2D eigenvalue weighted by molar-refractivity contribution is 8.26. The van der Waals surface area contributed by atoms with Crippen LogP contribution in [-0.2, 0) is 19.7 Å². The average molecular weight is 473 g/mol. The molecule has 2 N–H and O–H groups in total. The number of carbonyl (C=O) groups excluding carboxylic acids is 1. The minimum absolute atomic E-state index is 0.189. The lowest BCUT2D eigenvalue weighted by molar-refractivity contribution is -0.140. The van der Waals surface area contributed by atoms with E-state index in [0.29, 0.717) is 11.4 Å². The number of thioether (sulfide) groups is 2. The first-order chi connectivity index (χ1) is 13.7. The molecule has 0 aromatic heterocycles. The summed E-state index contributed by atoms with van der Waals surface area (Å²) in [5.41, 5.74) is 0.908. The second kappa shape index (κ2) is 8.88. The topological polar surface area (TPSA) is 115 Å². The summed E-state index contributed by atoms with van der Waals surface area (Å²) < 4.78 is 31.2. The molecule has 0 aliphatic carbocycles. The number of hydrogen-bond acceptors (Lipinski definition) is 8. The minimum Gasteiger partial charge on any atom is -0.480 e. The maximum absolute atomic E-state index is 12.4. The first kappa shape index (κ1) is 21.8. The third kappa shape index (κ3) is 5.39. The number of fused-ring (bicyclic) bond motifs is 1. The predicted molar refractivity (Wildman–Crippen MR) is 116 cm³/mol. The SMILES string of the molecule is O=C(O)CN1C(=O)C(=C/C=C2/Sc3ccccc3N2CCCS(=O)(=O)O)SC1=S. The molecule has 1 aromatic carbocycles. The molecule has 2 aliphatic rings. The maximum Gasteiger partial charge on any atom is 0.323 e. The predicted octanol–water partition coefficient (Wildman–Crippen LogP) is 2.55. The van der Waals surface area contributed by atoms with E-state index in [0.717, 1.165) is 32.3 Å². The summed E-state index contributed by atoms with van der Waals surface area (Å²) in [6.07, 6.45) is 3.54. The van der Waals surface area contributed by atoms with Gasteiger partial charge in [-0.25, -0.2) is 0 Å². The highest BCUT2D eigenvalue weighted by Gasteiger charge is 2.33. The average Bonchev–Trinajstić information content (AvgIpc) is 3.11. The van der Waals surface area contributed by atoms with Crippen LogP contribution in [0, 0.1) is 0 Å². The van der Waals surface area contributed by atoms with Crippen LogP contribution in [0.15, 0.2) is 51.2 Å². The van der Waals surface area contributed by atoms with Gasteiger partial charge in [-0.3, -0.25) is 19.0 Å². The molecular formula is C17H16N2O6S4. The molecule has 0 atom stereocenters. The Hall–Kier alpha value is -1.86. The van der Waals surface area contributed by atoms with Crippen LogP contribution < -0.4 is 4.90 Å². The number of carboxylic acids is 1. The number of benzene rings is 1. The summed E-state index contributed by atoms with van der Waals surface area (Å²) in [6, 6.07) is 7.60. The van der Waals surface area contributed by atoms with Crippen LogP contribution in [0.1, 0.15) is 6.42 Å². The summed E-state index contributed by atoms with van der Waals surface area (Å²) >= 11 is 7.58. The monoisotopic (exact) mass is 472 g/mol. The van der Waals surface area contributed by atoms with Gasteiger partial charge in [0, 0.05) is 11.4 Å². The Morgan fingerprint density at radius 1 is 1.17 bits per heavy atom. The van der Waals surface area contributed by atoms with Gasteiger partial charge >= 0.3 is 5.97 Å². The zero-order chi connectivity index (χ0) is 21.2. The number of para-hydroxylation sites is 1. The fourth-order valence-corrected chi connectivity index (χ4v) is 5.53. The standard InChI is InChI=1S/C17H16N2O6S4/c20-15(21)10-19-16(22)13(28-17(19)26)6-7-14-18(8-3-9-29(23,24)25)11-4-1-2-5-12(11)27-14/h1-2,4-7H,3,8-10H2,(H,20,21)(H,23,24,25)/b13-6?,14-7+. The van der Waals surface area contributed by atoms with Gasteiger partial charge in [-0.15, -0.1) is 0 Å². The normalized spacial score (nSPS) is 19.5. The number of allylic oxidation sites excluding steroid dienone is 2. The van der Waals surface area contributed by atoms with Crippen LogP contribution in [0.25, 0.3) is 0 Å². The number of anilines is 1. The molecule has 0 bridgehead atoms. The number of carboxylic acid groups (broad SMARTS) is 1.